The van der Waals surface area contributed by atoms with Crippen LogP contribution in [0.15, 0.2) is 38.9 Å². The van der Waals surface area contributed by atoms with E-state index in [0.717, 1.165) is 10.3 Å². The summed E-state index contributed by atoms with van der Waals surface area (Å²) in [4.78, 5) is 33.7. The highest BCUT2D eigenvalue weighted by atomic mass is 35.5. The molecule has 0 aliphatic rings. The van der Waals surface area contributed by atoms with Crippen molar-refractivity contribution in [2.75, 3.05) is 5.75 Å². The highest BCUT2D eigenvalue weighted by Gasteiger charge is 2.18. The predicted octanol–water partition coefficient (Wildman–Crippen LogP) is 2.46. The van der Waals surface area contributed by atoms with Crippen LogP contribution >= 0.6 is 23.4 Å². The van der Waals surface area contributed by atoms with Crippen LogP contribution < -0.4 is 11.2 Å². The lowest BCUT2D eigenvalue weighted by atomic mass is 10.2. The van der Waals surface area contributed by atoms with Gasteiger partial charge in [0.15, 0.2) is 11.5 Å². The molecule has 0 unspecified atom stereocenters. The van der Waals surface area contributed by atoms with Gasteiger partial charge in [-0.3, -0.25) is 13.9 Å². The van der Waals surface area contributed by atoms with Crippen molar-refractivity contribution in [3.63, 3.8) is 0 Å². The van der Waals surface area contributed by atoms with Gasteiger partial charge in [0, 0.05) is 19.7 Å². The standard InChI is InChI=1S/C16H15ClN4O2S/c1-4-24-14-11-13(20(2)16(23)21(3)15(11)22)18-12(19-14)9-7-5-6-8-10(9)17/h5-8H,4H2,1-3H3. The molecule has 3 aromatic rings. The highest BCUT2D eigenvalue weighted by molar-refractivity contribution is 7.99. The number of benzene rings is 1. The minimum Gasteiger partial charge on any atom is -0.280 e. The van der Waals surface area contributed by atoms with E-state index < -0.39 is 11.2 Å². The summed E-state index contributed by atoms with van der Waals surface area (Å²) >= 11 is 7.68. The van der Waals surface area contributed by atoms with Gasteiger partial charge in [-0.25, -0.2) is 14.8 Å². The monoisotopic (exact) mass is 362 g/mol. The van der Waals surface area contributed by atoms with Crippen LogP contribution in [0.4, 0.5) is 0 Å². The minimum absolute atomic E-state index is 0.309. The summed E-state index contributed by atoms with van der Waals surface area (Å²) in [5.74, 6) is 1.13. The first-order valence-electron chi connectivity index (χ1n) is 7.31. The van der Waals surface area contributed by atoms with Gasteiger partial charge in [-0.15, -0.1) is 11.8 Å². The first kappa shape index (κ1) is 16.7. The quantitative estimate of drug-likeness (QED) is 0.528. The topological polar surface area (TPSA) is 69.8 Å². The van der Waals surface area contributed by atoms with Crippen LogP contribution in [0.5, 0.6) is 0 Å². The van der Waals surface area contributed by atoms with E-state index in [9.17, 15) is 9.59 Å². The van der Waals surface area contributed by atoms with E-state index in [4.69, 9.17) is 11.6 Å². The van der Waals surface area contributed by atoms with Crippen LogP contribution in [0.3, 0.4) is 0 Å². The lowest BCUT2D eigenvalue weighted by Crippen LogP contribution is -2.37. The summed E-state index contributed by atoms with van der Waals surface area (Å²) in [5.41, 5.74) is 0.148. The van der Waals surface area contributed by atoms with E-state index in [0.29, 0.717) is 32.5 Å². The third kappa shape index (κ3) is 2.63. The Morgan fingerprint density at radius 2 is 1.83 bits per heavy atom. The summed E-state index contributed by atoms with van der Waals surface area (Å²) in [6, 6.07) is 7.22. The molecule has 0 spiro atoms. The van der Waals surface area contributed by atoms with Crippen molar-refractivity contribution in [3.8, 4) is 11.4 Å². The van der Waals surface area contributed by atoms with E-state index in [-0.39, 0.29) is 0 Å². The number of nitrogens with zero attached hydrogens (tertiary/aromatic N) is 4. The van der Waals surface area contributed by atoms with Crippen LogP contribution in [0.1, 0.15) is 6.92 Å². The summed E-state index contributed by atoms with van der Waals surface area (Å²) < 4.78 is 2.43. The molecule has 0 aliphatic heterocycles. The summed E-state index contributed by atoms with van der Waals surface area (Å²) in [5, 5.41) is 1.41. The zero-order chi connectivity index (χ0) is 17.4. The fourth-order valence-corrected chi connectivity index (χ4v) is 3.40. The highest BCUT2D eigenvalue weighted by Crippen LogP contribution is 2.29. The van der Waals surface area contributed by atoms with Gasteiger partial charge in [-0.1, -0.05) is 30.7 Å². The Balaban J connectivity index is 2.47. The van der Waals surface area contributed by atoms with Crippen LogP contribution in [-0.2, 0) is 14.1 Å². The Labute approximate surface area is 147 Å². The maximum Gasteiger partial charge on any atom is 0.332 e. The number of rotatable bonds is 3. The van der Waals surface area contributed by atoms with Crippen molar-refractivity contribution in [1.82, 2.24) is 19.1 Å². The molecular weight excluding hydrogens is 348 g/mol. The van der Waals surface area contributed by atoms with Gasteiger partial charge in [0.1, 0.15) is 10.4 Å². The fraction of sp³-hybridized carbons (Fsp3) is 0.250. The largest absolute Gasteiger partial charge is 0.332 e. The van der Waals surface area contributed by atoms with E-state index in [1.54, 1.807) is 13.1 Å². The molecule has 0 atom stereocenters. The van der Waals surface area contributed by atoms with Gasteiger partial charge in [0.2, 0.25) is 0 Å². The van der Waals surface area contributed by atoms with Crippen molar-refractivity contribution in [3.05, 3.63) is 50.1 Å². The molecule has 0 amide bonds. The lowest BCUT2D eigenvalue weighted by molar-refractivity contribution is 0.703. The maximum atomic E-state index is 12.5. The summed E-state index contributed by atoms with van der Waals surface area (Å²) in [7, 11) is 3.04. The average molecular weight is 363 g/mol. The molecule has 24 heavy (non-hydrogen) atoms. The molecule has 0 bridgehead atoms. The number of hydrogen-bond donors (Lipinski definition) is 0. The molecule has 8 heteroatoms. The normalized spacial score (nSPS) is 11.2. The van der Waals surface area contributed by atoms with Gasteiger partial charge < -0.3 is 0 Å². The van der Waals surface area contributed by atoms with E-state index in [1.807, 2.05) is 25.1 Å². The van der Waals surface area contributed by atoms with E-state index in [1.165, 1.54) is 23.4 Å². The van der Waals surface area contributed by atoms with Crippen LogP contribution in [-0.4, -0.2) is 24.9 Å². The number of fused-ring (bicyclic) bond motifs is 1. The molecule has 2 heterocycles. The Hall–Kier alpha value is -2.12. The molecule has 1 aromatic carbocycles. The van der Waals surface area contributed by atoms with Crippen LogP contribution in [0.25, 0.3) is 22.4 Å². The fourth-order valence-electron chi connectivity index (χ4n) is 2.43. The number of halogens is 1. The molecule has 0 saturated heterocycles. The Morgan fingerprint density at radius 3 is 2.50 bits per heavy atom. The third-order valence-electron chi connectivity index (χ3n) is 3.66. The Morgan fingerprint density at radius 1 is 1.12 bits per heavy atom. The predicted molar refractivity (Wildman–Crippen MR) is 96.9 cm³/mol. The van der Waals surface area contributed by atoms with Gasteiger partial charge in [-0.2, -0.15) is 0 Å². The average Bonchev–Trinajstić information content (AvgIpc) is 2.58. The molecular formula is C16H15ClN4O2S. The van der Waals surface area contributed by atoms with Crippen molar-refractivity contribution in [2.24, 2.45) is 14.1 Å². The molecule has 3 rings (SSSR count). The molecule has 0 radical (unpaired) electrons. The molecule has 0 aliphatic carbocycles. The molecule has 2 aromatic heterocycles. The zero-order valence-electron chi connectivity index (χ0n) is 13.4. The number of thioether (sulfide) groups is 1. The van der Waals surface area contributed by atoms with Gasteiger partial charge in [-0.05, 0) is 17.9 Å². The van der Waals surface area contributed by atoms with Crippen LogP contribution in [0, 0.1) is 0 Å². The first-order valence-corrected chi connectivity index (χ1v) is 8.67. The SMILES string of the molecule is CCSc1nc(-c2ccccc2Cl)nc2c1c(=O)n(C)c(=O)n2C. The van der Waals surface area contributed by atoms with Gasteiger partial charge >= 0.3 is 5.69 Å². The second kappa shape index (κ2) is 6.41. The number of aryl methyl sites for hydroxylation is 1. The van der Waals surface area contributed by atoms with Crippen molar-refractivity contribution in [2.45, 2.75) is 11.9 Å². The summed E-state index contributed by atoms with van der Waals surface area (Å²) in [6.45, 7) is 1.97. The molecule has 6 nitrogen and oxygen atoms in total. The van der Waals surface area contributed by atoms with E-state index >= 15 is 0 Å². The van der Waals surface area contributed by atoms with E-state index in [2.05, 4.69) is 9.97 Å². The second-order valence-corrected chi connectivity index (χ2v) is 6.83. The van der Waals surface area contributed by atoms with Gasteiger partial charge in [0.25, 0.3) is 5.56 Å². The molecule has 0 saturated carbocycles. The van der Waals surface area contributed by atoms with Crippen molar-refractivity contribution >= 4 is 34.4 Å². The number of aromatic nitrogens is 4. The smallest absolute Gasteiger partial charge is 0.280 e. The zero-order valence-corrected chi connectivity index (χ0v) is 15.0. The molecule has 124 valence electrons. The Bertz CT molecular complexity index is 1060. The van der Waals surface area contributed by atoms with Gasteiger partial charge in [0.05, 0.1) is 5.02 Å². The minimum atomic E-state index is -0.427. The maximum absolute atomic E-state index is 12.5. The number of hydrogen-bond acceptors (Lipinski definition) is 5. The van der Waals surface area contributed by atoms with Crippen LogP contribution in [0.2, 0.25) is 5.02 Å². The molecule has 0 fully saturated rings. The third-order valence-corrected chi connectivity index (χ3v) is 4.85. The summed E-state index contributed by atoms with van der Waals surface area (Å²) in [6.07, 6.45) is 0. The lowest BCUT2D eigenvalue weighted by Gasteiger charge is -2.12. The van der Waals surface area contributed by atoms with Crippen molar-refractivity contribution < 1.29 is 0 Å². The second-order valence-electron chi connectivity index (χ2n) is 5.17. The molecule has 0 N–H and O–H groups in total. The Kier molecular flexibility index (Phi) is 4.47. The van der Waals surface area contributed by atoms with Crippen molar-refractivity contribution in [1.29, 1.82) is 0 Å². The first-order chi connectivity index (χ1) is 11.5.